The Balaban J connectivity index is 2.61. The maximum Gasteiger partial charge on any atom is 0.161 e. The summed E-state index contributed by atoms with van der Waals surface area (Å²) in [5.74, 6) is -0.423. The lowest BCUT2D eigenvalue weighted by molar-refractivity contribution is 0.597. The average Bonchev–Trinajstić information content (AvgIpc) is 2.29. The minimum atomic E-state index is -0.423. The molecule has 0 aliphatic heterocycles. The van der Waals surface area contributed by atoms with Crippen molar-refractivity contribution in [3.63, 3.8) is 0 Å². The van der Waals surface area contributed by atoms with Gasteiger partial charge in [0.2, 0.25) is 0 Å². The first-order valence-corrected chi connectivity index (χ1v) is 6.21. The summed E-state index contributed by atoms with van der Waals surface area (Å²) in [4.78, 5) is 0. The molecule has 5 heteroatoms. The number of benzene rings is 1. The predicted molar refractivity (Wildman–Crippen MR) is 70.4 cm³/mol. The van der Waals surface area contributed by atoms with Gasteiger partial charge in [-0.3, -0.25) is 0 Å². The number of halogens is 2. The summed E-state index contributed by atoms with van der Waals surface area (Å²) < 4.78 is 14.0. The summed E-state index contributed by atoms with van der Waals surface area (Å²) in [5, 5.41) is 14.9. The van der Waals surface area contributed by atoms with E-state index < -0.39 is 5.82 Å². The molecule has 0 saturated carbocycles. The summed E-state index contributed by atoms with van der Waals surface area (Å²) in [5.41, 5.74) is 0.704. The molecule has 0 amide bonds. The number of nitriles is 1. The van der Waals surface area contributed by atoms with Gasteiger partial charge in [0.1, 0.15) is 6.07 Å². The van der Waals surface area contributed by atoms with Crippen LogP contribution < -0.4 is 10.6 Å². The molecule has 0 aliphatic rings. The summed E-state index contributed by atoms with van der Waals surface area (Å²) in [6.45, 7) is 5.50. The van der Waals surface area contributed by atoms with Crippen LogP contribution in [0.1, 0.15) is 19.4 Å². The topological polar surface area (TPSA) is 47.8 Å². The molecule has 0 atom stereocenters. The van der Waals surface area contributed by atoms with Crippen LogP contribution in [0.5, 0.6) is 0 Å². The number of hydrogen-bond donors (Lipinski definition) is 2. The van der Waals surface area contributed by atoms with Crippen LogP contribution in [0.25, 0.3) is 0 Å². The van der Waals surface area contributed by atoms with Crippen molar-refractivity contribution in [3.8, 4) is 6.07 Å². The van der Waals surface area contributed by atoms with Gasteiger partial charge in [0, 0.05) is 19.1 Å². The zero-order valence-corrected chi connectivity index (χ0v) is 11.4. The van der Waals surface area contributed by atoms with Crippen molar-refractivity contribution in [2.24, 2.45) is 0 Å². The predicted octanol–water partition coefficient (Wildman–Crippen LogP) is 2.87. The maximum atomic E-state index is 13.8. The molecule has 1 rings (SSSR count). The second-order valence-electron chi connectivity index (χ2n) is 3.94. The van der Waals surface area contributed by atoms with E-state index in [0.29, 0.717) is 23.8 Å². The van der Waals surface area contributed by atoms with Crippen molar-refractivity contribution in [1.29, 1.82) is 5.26 Å². The molecule has 17 heavy (non-hydrogen) atoms. The number of nitrogens with zero attached hydrogens (tertiary/aromatic N) is 1. The summed E-state index contributed by atoms with van der Waals surface area (Å²) in [6.07, 6.45) is 0. The van der Waals surface area contributed by atoms with Crippen LogP contribution in [0, 0.1) is 17.1 Å². The summed E-state index contributed by atoms with van der Waals surface area (Å²) >= 11 is 3.07. The van der Waals surface area contributed by atoms with Gasteiger partial charge in [0.15, 0.2) is 5.82 Å². The van der Waals surface area contributed by atoms with Crippen LogP contribution in [-0.4, -0.2) is 19.1 Å². The first-order valence-electron chi connectivity index (χ1n) is 5.41. The highest BCUT2D eigenvalue weighted by molar-refractivity contribution is 9.10. The van der Waals surface area contributed by atoms with E-state index in [1.165, 1.54) is 0 Å². The third kappa shape index (κ3) is 3.99. The standard InChI is InChI=1S/C12H15BrFN3/c1-8(2)16-5-6-17-10-4-3-9(7-15)11(13)12(10)14/h3-4,8,16-17H,5-6H2,1-2H3. The molecular weight excluding hydrogens is 285 g/mol. The van der Waals surface area contributed by atoms with Crippen LogP contribution in [0.3, 0.4) is 0 Å². The largest absolute Gasteiger partial charge is 0.381 e. The number of rotatable bonds is 5. The van der Waals surface area contributed by atoms with Gasteiger partial charge in [-0.15, -0.1) is 0 Å². The fourth-order valence-electron chi connectivity index (χ4n) is 1.33. The highest BCUT2D eigenvalue weighted by Crippen LogP contribution is 2.26. The zero-order valence-electron chi connectivity index (χ0n) is 9.85. The molecule has 0 heterocycles. The first kappa shape index (κ1) is 13.9. The van der Waals surface area contributed by atoms with Gasteiger partial charge >= 0.3 is 0 Å². The molecule has 0 bridgehead atoms. The normalized spacial score (nSPS) is 10.4. The molecule has 0 aliphatic carbocycles. The fourth-order valence-corrected chi connectivity index (χ4v) is 1.76. The smallest absolute Gasteiger partial charge is 0.161 e. The number of nitrogens with one attached hydrogen (secondary N) is 2. The van der Waals surface area contributed by atoms with Crippen molar-refractivity contribution in [1.82, 2.24) is 5.32 Å². The zero-order chi connectivity index (χ0) is 12.8. The molecule has 3 nitrogen and oxygen atoms in total. The van der Waals surface area contributed by atoms with Gasteiger partial charge in [-0.05, 0) is 28.1 Å². The van der Waals surface area contributed by atoms with Crippen molar-refractivity contribution < 1.29 is 4.39 Å². The lowest BCUT2D eigenvalue weighted by Crippen LogP contribution is -2.28. The molecule has 1 aromatic rings. The highest BCUT2D eigenvalue weighted by Gasteiger charge is 2.10. The Labute approximate surface area is 109 Å². The Morgan fingerprint density at radius 1 is 1.41 bits per heavy atom. The Morgan fingerprint density at radius 3 is 2.71 bits per heavy atom. The SMILES string of the molecule is CC(C)NCCNc1ccc(C#N)c(Br)c1F. The molecule has 0 radical (unpaired) electrons. The van der Waals surface area contributed by atoms with E-state index in [1.807, 2.05) is 6.07 Å². The van der Waals surface area contributed by atoms with Crippen molar-refractivity contribution in [2.75, 3.05) is 18.4 Å². The minimum Gasteiger partial charge on any atom is -0.381 e. The van der Waals surface area contributed by atoms with E-state index in [-0.39, 0.29) is 4.47 Å². The van der Waals surface area contributed by atoms with E-state index >= 15 is 0 Å². The van der Waals surface area contributed by atoms with Crippen LogP contribution in [-0.2, 0) is 0 Å². The van der Waals surface area contributed by atoms with Gasteiger partial charge in [0.25, 0.3) is 0 Å². The molecule has 0 spiro atoms. The third-order valence-corrected chi connectivity index (χ3v) is 2.97. The van der Waals surface area contributed by atoms with Gasteiger partial charge in [-0.1, -0.05) is 13.8 Å². The monoisotopic (exact) mass is 299 g/mol. The number of anilines is 1. The van der Waals surface area contributed by atoms with Crippen molar-refractivity contribution >= 4 is 21.6 Å². The third-order valence-electron chi connectivity index (χ3n) is 2.20. The Morgan fingerprint density at radius 2 is 2.12 bits per heavy atom. The first-order chi connectivity index (χ1) is 8.06. The van der Waals surface area contributed by atoms with E-state index in [2.05, 4.69) is 40.4 Å². The highest BCUT2D eigenvalue weighted by atomic mass is 79.9. The van der Waals surface area contributed by atoms with Gasteiger partial charge in [0.05, 0.1) is 15.7 Å². The lowest BCUT2D eigenvalue weighted by atomic mass is 10.2. The Kier molecular flexibility index (Phi) is 5.39. The second-order valence-corrected chi connectivity index (χ2v) is 4.73. The molecule has 0 unspecified atom stereocenters. The summed E-state index contributed by atoms with van der Waals surface area (Å²) in [6, 6.07) is 5.50. The van der Waals surface area contributed by atoms with Gasteiger partial charge in [-0.25, -0.2) is 4.39 Å². The average molecular weight is 300 g/mol. The van der Waals surface area contributed by atoms with E-state index in [0.717, 1.165) is 6.54 Å². The molecule has 2 N–H and O–H groups in total. The second kappa shape index (κ2) is 6.58. The summed E-state index contributed by atoms with van der Waals surface area (Å²) in [7, 11) is 0. The number of hydrogen-bond acceptors (Lipinski definition) is 3. The van der Waals surface area contributed by atoms with Crippen LogP contribution in [0.4, 0.5) is 10.1 Å². The van der Waals surface area contributed by atoms with E-state index in [4.69, 9.17) is 5.26 Å². The molecule has 0 fully saturated rings. The molecular formula is C12H15BrFN3. The Bertz CT molecular complexity index is 426. The molecule has 0 aromatic heterocycles. The lowest BCUT2D eigenvalue weighted by Gasteiger charge is -2.11. The van der Waals surface area contributed by atoms with Crippen LogP contribution in [0.15, 0.2) is 16.6 Å². The van der Waals surface area contributed by atoms with Crippen molar-refractivity contribution in [3.05, 3.63) is 28.0 Å². The maximum absolute atomic E-state index is 13.8. The Hall–Kier alpha value is -1.12. The molecule has 1 aromatic carbocycles. The molecule has 0 saturated heterocycles. The minimum absolute atomic E-state index is 0.210. The van der Waals surface area contributed by atoms with Crippen molar-refractivity contribution in [2.45, 2.75) is 19.9 Å². The molecule has 92 valence electrons. The van der Waals surface area contributed by atoms with Crippen LogP contribution in [0.2, 0.25) is 0 Å². The van der Waals surface area contributed by atoms with E-state index in [9.17, 15) is 4.39 Å². The van der Waals surface area contributed by atoms with Gasteiger partial charge in [-0.2, -0.15) is 5.26 Å². The van der Waals surface area contributed by atoms with Crippen LogP contribution >= 0.6 is 15.9 Å². The van der Waals surface area contributed by atoms with E-state index in [1.54, 1.807) is 12.1 Å². The van der Waals surface area contributed by atoms with Gasteiger partial charge < -0.3 is 10.6 Å². The quantitative estimate of drug-likeness (QED) is 0.822. The fraction of sp³-hybridized carbons (Fsp3) is 0.417.